The summed E-state index contributed by atoms with van der Waals surface area (Å²) >= 11 is 0. The van der Waals surface area contributed by atoms with E-state index < -0.39 is 10.0 Å². The monoisotopic (exact) mass is 285 g/mol. The predicted octanol–water partition coefficient (Wildman–Crippen LogP) is -0.895. The maximum absolute atomic E-state index is 10.8. The maximum atomic E-state index is 10.8. The lowest BCUT2D eigenvalue weighted by atomic mass is 10.4. The summed E-state index contributed by atoms with van der Waals surface area (Å²) in [5.41, 5.74) is 3.08. The summed E-state index contributed by atoms with van der Waals surface area (Å²) in [7, 11) is -3.44. The molecule has 9 nitrogen and oxygen atoms in total. The van der Waals surface area contributed by atoms with Gasteiger partial charge in [0.15, 0.2) is 17.3 Å². The molecule has 0 bridgehead atoms. The number of nitrogens with one attached hydrogen (secondary N) is 2. The van der Waals surface area contributed by atoms with Gasteiger partial charge in [0, 0.05) is 18.9 Å². The second-order valence-electron chi connectivity index (χ2n) is 3.92. The lowest BCUT2D eigenvalue weighted by Gasteiger charge is -2.08. The van der Waals surface area contributed by atoms with Gasteiger partial charge >= 0.3 is 0 Å². The van der Waals surface area contributed by atoms with Crippen molar-refractivity contribution in [2.45, 2.75) is 6.42 Å². The van der Waals surface area contributed by atoms with Gasteiger partial charge in [-0.15, -0.1) is 0 Å². The average Bonchev–Trinajstić information content (AvgIpc) is 2.81. The molecule has 19 heavy (non-hydrogen) atoms. The third-order valence-corrected chi connectivity index (χ3v) is 3.28. The lowest BCUT2D eigenvalue weighted by Crippen LogP contribution is -2.19. The van der Waals surface area contributed by atoms with Gasteiger partial charge in [0.2, 0.25) is 10.0 Å². The minimum Gasteiger partial charge on any atom is -0.367 e. The van der Waals surface area contributed by atoms with Crippen molar-refractivity contribution in [2.24, 2.45) is 11.0 Å². The maximum Gasteiger partial charge on any atom is 0.209 e. The molecule has 0 atom stereocenters. The summed E-state index contributed by atoms with van der Waals surface area (Å²) in [5.74, 6) is 6.23. The van der Waals surface area contributed by atoms with Gasteiger partial charge in [0.05, 0.1) is 11.9 Å². The number of fused-ring (bicyclic) bond motifs is 1. The van der Waals surface area contributed by atoms with Crippen LogP contribution in [0.15, 0.2) is 18.6 Å². The van der Waals surface area contributed by atoms with E-state index in [2.05, 4.69) is 20.7 Å². The molecule has 0 aliphatic rings. The zero-order valence-electron chi connectivity index (χ0n) is 10.1. The van der Waals surface area contributed by atoms with E-state index in [0.29, 0.717) is 30.2 Å². The molecule has 0 aromatic carbocycles. The number of sulfonamides is 1. The molecule has 0 unspecified atom stereocenters. The molecule has 2 rings (SSSR count). The number of anilines is 2. The van der Waals surface area contributed by atoms with Gasteiger partial charge in [-0.05, 0) is 6.42 Å². The fourth-order valence-electron chi connectivity index (χ4n) is 1.60. The molecule has 2 aromatic rings. The van der Waals surface area contributed by atoms with Crippen molar-refractivity contribution in [1.82, 2.24) is 14.4 Å². The van der Waals surface area contributed by atoms with E-state index in [9.17, 15) is 8.42 Å². The van der Waals surface area contributed by atoms with E-state index in [1.165, 1.54) is 0 Å². The van der Waals surface area contributed by atoms with Gasteiger partial charge < -0.3 is 15.1 Å². The summed E-state index contributed by atoms with van der Waals surface area (Å²) < 4.78 is 23.4. The summed E-state index contributed by atoms with van der Waals surface area (Å²) in [6.45, 7) is 0.417. The molecule has 0 radical (unpaired) electrons. The number of hydrogen-bond donors (Lipinski definition) is 4. The van der Waals surface area contributed by atoms with Gasteiger partial charge in [-0.25, -0.2) is 29.4 Å². The Morgan fingerprint density at radius 1 is 1.42 bits per heavy atom. The first-order valence-electron chi connectivity index (χ1n) is 5.54. The van der Waals surface area contributed by atoms with Crippen molar-refractivity contribution in [1.29, 1.82) is 0 Å². The highest BCUT2D eigenvalue weighted by Gasteiger charge is 2.07. The van der Waals surface area contributed by atoms with Crippen molar-refractivity contribution < 1.29 is 8.42 Å². The van der Waals surface area contributed by atoms with Crippen molar-refractivity contribution in [3.05, 3.63) is 18.6 Å². The lowest BCUT2D eigenvalue weighted by molar-refractivity contribution is 0.596. The highest BCUT2D eigenvalue weighted by Crippen LogP contribution is 2.15. The normalized spacial score (nSPS) is 11.7. The molecular weight excluding hydrogens is 270 g/mol. The molecule has 0 saturated heterocycles. The Bertz CT molecular complexity index is 666. The highest BCUT2D eigenvalue weighted by molar-refractivity contribution is 7.89. The zero-order chi connectivity index (χ0) is 13.9. The number of nitrogen functional groups attached to an aromatic ring is 1. The van der Waals surface area contributed by atoms with Crippen LogP contribution < -0.4 is 21.7 Å². The molecule has 0 spiro atoms. The van der Waals surface area contributed by atoms with Gasteiger partial charge in [-0.3, -0.25) is 0 Å². The summed E-state index contributed by atoms with van der Waals surface area (Å²) in [6.07, 6.45) is 5.46. The number of imidazole rings is 1. The molecule has 2 heterocycles. The van der Waals surface area contributed by atoms with Crippen molar-refractivity contribution in [3.8, 4) is 0 Å². The molecule has 0 aliphatic heterocycles. The third kappa shape index (κ3) is 3.53. The average molecular weight is 285 g/mol. The first-order chi connectivity index (χ1) is 8.99. The number of hydrogen-bond acceptors (Lipinski definition) is 7. The van der Waals surface area contributed by atoms with Crippen LogP contribution in [0.3, 0.4) is 0 Å². The van der Waals surface area contributed by atoms with Gasteiger partial charge in [-0.1, -0.05) is 0 Å². The summed E-state index contributed by atoms with van der Waals surface area (Å²) in [4.78, 5) is 8.36. The minimum absolute atomic E-state index is 0.0838. The number of hydrazine groups is 1. The number of nitrogens with two attached hydrogens (primary N) is 2. The van der Waals surface area contributed by atoms with E-state index in [1.54, 1.807) is 23.0 Å². The summed E-state index contributed by atoms with van der Waals surface area (Å²) in [5, 5.41) is 7.93. The van der Waals surface area contributed by atoms with Crippen LogP contribution >= 0.6 is 0 Å². The van der Waals surface area contributed by atoms with Crippen LogP contribution in [0.2, 0.25) is 0 Å². The number of primary sulfonamides is 1. The van der Waals surface area contributed by atoms with Crippen LogP contribution in [0, 0.1) is 0 Å². The van der Waals surface area contributed by atoms with Gasteiger partial charge in [0.1, 0.15) is 0 Å². The Morgan fingerprint density at radius 2 is 2.21 bits per heavy atom. The first kappa shape index (κ1) is 13.5. The number of nitrogens with zero attached hydrogens (tertiary/aromatic N) is 3. The minimum atomic E-state index is -3.44. The smallest absolute Gasteiger partial charge is 0.209 e. The molecule has 6 N–H and O–H groups in total. The van der Waals surface area contributed by atoms with Crippen molar-refractivity contribution in [3.63, 3.8) is 0 Å². The van der Waals surface area contributed by atoms with E-state index in [1.807, 2.05) is 0 Å². The van der Waals surface area contributed by atoms with Crippen LogP contribution in [0.4, 0.5) is 11.6 Å². The fourth-order valence-corrected chi connectivity index (χ4v) is 2.15. The number of rotatable bonds is 6. The van der Waals surface area contributed by atoms with Crippen LogP contribution in [-0.2, 0) is 10.0 Å². The van der Waals surface area contributed by atoms with Crippen LogP contribution in [0.25, 0.3) is 5.65 Å². The predicted molar refractivity (Wildman–Crippen MR) is 71.9 cm³/mol. The Balaban J connectivity index is 2.09. The molecule has 10 heteroatoms. The Morgan fingerprint density at radius 3 is 2.89 bits per heavy atom. The van der Waals surface area contributed by atoms with E-state index >= 15 is 0 Å². The number of aromatic nitrogens is 3. The molecule has 0 saturated carbocycles. The van der Waals surface area contributed by atoms with Crippen LogP contribution in [-0.4, -0.2) is 35.1 Å². The SMILES string of the molecule is NNc1cn2ccnc2c(NCCCS(N)(=O)=O)n1. The quantitative estimate of drug-likeness (QED) is 0.306. The molecule has 0 fully saturated rings. The first-order valence-corrected chi connectivity index (χ1v) is 7.26. The molecular formula is C9H15N7O2S. The molecule has 2 aromatic heterocycles. The van der Waals surface area contributed by atoms with Gasteiger partial charge in [0.25, 0.3) is 0 Å². The zero-order valence-corrected chi connectivity index (χ0v) is 10.9. The largest absolute Gasteiger partial charge is 0.367 e. The second kappa shape index (κ2) is 5.38. The van der Waals surface area contributed by atoms with Crippen LogP contribution in [0.1, 0.15) is 6.42 Å². The van der Waals surface area contributed by atoms with E-state index in [4.69, 9.17) is 11.0 Å². The Labute approximate surface area is 110 Å². The Kier molecular flexibility index (Phi) is 3.83. The molecule has 104 valence electrons. The topological polar surface area (TPSA) is 140 Å². The van der Waals surface area contributed by atoms with Crippen molar-refractivity contribution >= 4 is 27.3 Å². The summed E-state index contributed by atoms with van der Waals surface area (Å²) in [6, 6.07) is 0. The third-order valence-electron chi connectivity index (χ3n) is 2.42. The van der Waals surface area contributed by atoms with E-state index in [-0.39, 0.29) is 5.75 Å². The fraction of sp³-hybridized carbons (Fsp3) is 0.333. The van der Waals surface area contributed by atoms with Gasteiger partial charge in [-0.2, -0.15) is 0 Å². The second-order valence-corrected chi connectivity index (χ2v) is 5.66. The van der Waals surface area contributed by atoms with Crippen LogP contribution in [0.5, 0.6) is 0 Å². The molecule has 0 amide bonds. The Hall–Kier alpha value is -1.91. The van der Waals surface area contributed by atoms with E-state index in [0.717, 1.165) is 0 Å². The van der Waals surface area contributed by atoms with Crippen molar-refractivity contribution in [2.75, 3.05) is 23.0 Å². The standard InChI is InChI=1S/C9H15N7O2S/c10-15-7-6-16-4-3-13-9(16)8(14-7)12-2-1-5-19(11,17)18/h3-4,6,15H,1-2,5,10H2,(H,12,14)(H2,11,17,18). The molecule has 0 aliphatic carbocycles. The highest BCUT2D eigenvalue weighted by atomic mass is 32.2.